The number of hydrogen-bond donors (Lipinski definition) is 2. The summed E-state index contributed by atoms with van der Waals surface area (Å²) in [7, 11) is 0. The van der Waals surface area contributed by atoms with E-state index in [-0.39, 0.29) is 43.3 Å². The third-order valence-electron chi connectivity index (χ3n) is 11.8. The van der Waals surface area contributed by atoms with E-state index in [2.05, 4.69) is 25.6 Å². The molecule has 4 amide bonds. The first-order valence-electron chi connectivity index (χ1n) is 19.4. The van der Waals surface area contributed by atoms with Crippen molar-refractivity contribution in [2.45, 2.75) is 62.8 Å². The third-order valence-corrected chi connectivity index (χ3v) is 11.8. The first kappa shape index (κ1) is 34.6. The maximum Gasteiger partial charge on any atom is 0.261 e. The van der Waals surface area contributed by atoms with Gasteiger partial charge in [-0.15, -0.1) is 0 Å². The second-order valence-electron chi connectivity index (χ2n) is 15.9. The predicted octanol–water partition coefficient (Wildman–Crippen LogP) is 3.75. The second-order valence-corrected chi connectivity index (χ2v) is 15.9. The van der Waals surface area contributed by atoms with Crippen molar-refractivity contribution in [3.63, 3.8) is 0 Å². The highest BCUT2D eigenvalue weighted by molar-refractivity contribution is 6.09. The first-order valence-corrected chi connectivity index (χ1v) is 19.4. The van der Waals surface area contributed by atoms with Gasteiger partial charge in [-0.3, -0.25) is 34.1 Å². The van der Waals surface area contributed by atoms with Gasteiger partial charge in [0.15, 0.2) is 11.3 Å². The summed E-state index contributed by atoms with van der Waals surface area (Å²) in [5.41, 5.74) is 2.96. The van der Waals surface area contributed by atoms with E-state index in [0.29, 0.717) is 60.2 Å². The van der Waals surface area contributed by atoms with Crippen LogP contribution in [0.5, 0.6) is 5.75 Å². The van der Waals surface area contributed by atoms with Gasteiger partial charge >= 0.3 is 0 Å². The van der Waals surface area contributed by atoms with Crippen LogP contribution >= 0.6 is 0 Å². The van der Waals surface area contributed by atoms with Gasteiger partial charge in [0.1, 0.15) is 17.4 Å². The minimum atomic E-state index is -1.37. The topological polar surface area (TPSA) is 159 Å². The Morgan fingerprint density at radius 3 is 2.70 bits per heavy atom. The van der Waals surface area contributed by atoms with Crippen LogP contribution in [0.3, 0.4) is 0 Å². The van der Waals surface area contributed by atoms with Crippen molar-refractivity contribution in [3.05, 3.63) is 77.9 Å². The zero-order valence-corrected chi connectivity index (χ0v) is 30.7. The normalized spacial score (nSPS) is 21.4. The van der Waals surface area contributed by atoms with Gasteiger partial charge in [-0.25, -0.2) is 13.9 Å². The van der Waals surface area contributed by atoms with Crippen molar-refractivity contribution >= 4 is 51.6 Å². The Morgan fingerprint density at radius 1 is 1.05 bits per heavy atom. The molecule has 1 unspecified atom stereocenters. The molecule has 3 aromatic heterocycles. The maximum atomic E-state index is 16.1. The third kappa shape index (κ3) is 6.40. The molecule has 1 atom stereocenters. The Hall–Kier alpha value is -5.90. The van der Waals surface area contributed by atoms with Gasteiger partial charge in [0, 0.05) is 73.9 Å². The molecule has 1 saturated carbocycles. The minimum absolute atomic E-state index is 0.148. The van der Waals surface area contributed by atoms with E-state index in [1.54, 1.807) is 29.0 Å². The number of alkyl halides is 1. The fraction of sp³-hybridized carbons (Fsp3) is 0.425. The SMILES string of the molecule is O=C1CCC(N2Cc3ccc(N4CC(F)(CN5CCC(n6cc7cc(NC(=O)c8cnn9cccnc89)c(OCC8CC8)cc7n6)CC5)C4)cc3C2=O)C(=O)N1. The highest BCUT2D eigenvalue weighted by Crippen LogP contribution is 2.38. The Bertz CT molecular complexity index is 2410. The van der Waals surface area contributed by atoms with E-state index in [9.17, 15) is 19.2 Å². The van der Waals surface area contributed by atoms with Crippen molar-refractivity contribution in [2.75, 3.05) is 49.5 Å². The number of nitrogens with one attached hydrogen (secondary N) is 2. The van der Waals surface area contributed by atoms with Gasteiger partial charge in [-0.1, -0.05) is 6.07 Å². The molecule has 0 radical (unpaired) electrons. The summed E-state index contributed by atoms with van der Waals surface area (Å²) in [6, 6.07) is 10.6. The number of carbonyl (C=O) groups is 4. The van der Waals surface area contributed by atoms with Crippen LogP contribution in [-0.2, 0) is 16.1 Å². The molecule has 0 bridgehead atoms. The Morgan fingerprint density at radius 2 is 1.89 bits per heavy atom. The van der Waals surface area contributed by atoms with Crippen molar-refractivity contribution in [1.29, 1.82) is 0 Å². The number of likely N-dealkylation sites (tertiary alicyclic amines) is 1. The molecule has 10 rings (SSSR count). The van der Waals surface area contributed by atoms with Gasteiger partial charge in [0.05, 0.1) is 43.1 Å². The highest BCUT2D eigenvalue weighted by Gasteiger charge is 2.46. The van der Waals surface area contributed by atoms with Crippen LogP contribution < -0.4 is 20.3 Å². The number of piperidine rings is 2. The molecule has 4 fully saturated rings. The van der Waals surface area contributed by atoms with Crippen molar-refractivity contribution in [3.8, 4) is 5.75 Å². The molecule has 7 heterocycles. The minimum Gasteiger partial charge on any atom is -0.491 e. The number of ether oxygens (including phenoxy) is 1. The van der Waals surface area contributed by atoms with Gasteiger partial charge in [-0.2, -0.15) is 10.2 Å². The number of nitrogens with zero attached hydrogens (tertiary/aromatic N) is 8. The number of carbonyl (C=O) groups excluding carboxylic acids is 4. The van der Waals surface area contributed by atoms with E-state index >= 15 is 4.39 Å². The predicted molar refractivity (Wildman–Crippen MR) is 202 cm³/mol. The van der Waals surface area contributed by atoms with Crippen LogP contribution in [0, 0.1) is 5.92 Å². The molecule has 5 aromatic rings. The smallest absolute Gasteiger partial charge is 0.261 e. The summed E-state index contributed by atoms with van der Waals surface area (Å²) in [6.45, 7) is 3.17. The van der Waals surface area contributed by atoms with Crippen LogP contribution in [0.1, 0.15) is 70.8 Å². The summed E-state index contributed by atoms with van der Waals surface area (Å²) in [5, 5.41) is 15.4. The molecule has 56 heavy (non-hydrogen) atoms. The molecule has 2 aromatic carbocycles. The number of rotatable bonds is 10. The lowest BCUT2D eigenvalue weighted by atomic mass is 9.92. The van der Waals surface area contributed by atoms with Gasteiger partial charge in [0.25, 0.3) is 11.8 Å². The molecule has 1 aliphatic carbocycles. The molecule has 0 spiro atoms. The number of hydrogen-bond acceptors (Lipinski definition) is 10. The van der Waals surface area contributed by atoms with Gasteiger partial charge < -0.3 is 19.9 Å². The lowest BCUT2D eigenvalue weighted by molar-refractivity contribution is -0.136. The lowest BCUT2D eigenvalue weighted by Crippen LogP contribution is -2.64. The van der Waals surface area contributed by atoms with Crippen LogP contribution in [0.2, 0.25) is 0 Å². The molecule has 16 heteroatoms. The Kier molecular flexibility index (Phi) is 8.27. The molecular weight excluding hydrogens is 720 g/mol. The first-order chi connectivity index (χ1) is 27.2. The van der Waals surface area contributed by atoms with Gasteiger partial charge in [0.2, 0.25) is 11.8 Å². The number of fused-ring (bicyclic) bond motifs is 3. The summed E-state index contributed by atoms with van der Waals surface area (Å²) in [6.07, 6.45) is 11.3. The Balaban J connectivity index is 0.765. The summed E-state index contributed by atoms with van der Waals surface area (Å²) >= 11 is 0. The van der Waals surface area contributed by atoms with Crippen LogP contribution in [0.25, 0.3) is 16.6 Å². The summed E-state index contributed by atoms with van der Waals surface area (Å²) < 4.78 is 25.8. The van der Waals surface area contributed by atoms with Crippen molar-refractivity contribution in [2.24, 2.45) is 5.92 Å². The molecule has 2 N–H and O–H groups in total. The number of imide groups is 1. The standard InChI is InChI=1S/C40H41FN10O5/c41-40(22-48(23-40)28-5-4-25-18-49(39(55)29(25)15-28)33-6-7-35(52)45-38(33)54)21-47-12-8-27(9-13-47)51-19-26-14-32(34(16-31(26)46-51)56-20-24-2-3-24)44-37(53)30-17-43-50-11-1-10-42-36(30)50/h1,4-5,10-11,14-17,19,24,27,33H,2-3,6-9,12-13,18,20-23H2,(H,44,53)(H,45,52,54). The summed E-state index contributed by atoms with van der Waals surface area (Å²) in [4.78, 5) is 60.7. The number of anilines is 2. The second kappa shape index (κ2) is 13.4. The quantitative estimate of drug-likeness (QED) is 0.201. The largest absolute Gasteiger partial charge is 0.491 e. The molecule has 15 nitrogen and oxygen atoms in total. The molecule has 3 saturated heterocycles. The fourth-order valence-corrected chi connectivity index (χ4v) is 8.55. The summed E-state index contributed by atoms with van der Waals surface area (Å²) in [5.74, 6) is -0.211. The van der Waals surface area contributed by atoms with E-state index < -0.39 is 17.6 Å². The lowest BCUT2D eigenvalue weighted by Gasteiger charge is -2.48. The van der Waals surface area contributed by atoms with Crippen LogP contribution in [0.4, 0.5) is 15.8 Å². The monoisotopic (exact) mass is 760 g/mol. The average molecular weight is 761 g/mol. The van der Waals surface area contributed by atoms with E-state index in [4.69, 9.17) is 9.84 Å². The van der Waals surface area contributed by atoms with Crippen LogP contribution in [-0.4, -0.2) is 109 Å². The number of halogens is 1. The van der Waals surface area contributed by atoms with Crippen molar-refractivity contribution in [1.82, 2.24) is 39.5 Å². The fourth-order valence-electron chi connectivity index (χ4n) is 8.55. The number of amides is 4. The molecule has 5 aliphatic rings. The zero-order chi connectivity index (χ0) is 38.1. The highest BCUT2D eigenvalue weighted by atomic mass is 19.1. The van der Waals surface area contributed by atoms with E-state index in [1.807, 2.05) is 40.0 Å². The van der Waals surface area contributed by atoms with Crippen molar-refractivity contribution < 1.29 is 28.3 Å². The average Bonchev–Trinajstić information content (AvgIpc) is 3.61. The van der Waals surface area contributed by atoms with E-state index in [0.717, 1.165) is 60.9 Å². The zero-order valence-electron chi connectivity index (χ0n) is 30.7. The maximum absolute atomic E-state index is 16.1. The molecular formula is C40H41FN10O5. The number of aromatic nitrogens is 5. The van der Waals surface area contributed by atoms with Gasteiger partial charge in [-0.05, 0) is 67.9 Å². The molecule has 4 aliphatic heterocycles. The number of benzene rings is 2. The molecule has 288 valence electrons. The Labute approximate surface area is 320 Å². The van der Waals surface area contributed by atoms with E-state index in [1.165, 1.54) is 11.1 Å². The van der Waals surface area contributed by atoms with Crippen LogP contribution in [0.15, 0.2) is 61.2 Å².